The zero-order valence-electron chi connectivity index (χ0n) is 18.4. The van der Waals surface area contributed by atoms with E-state index in [1.807, 2.05) is 49.4 Å². The highest BCUT2D eigenvalue weighted by Crippen LogP contribution is 2.23. The lowest BCUT2D eigenvalue weighted by Gasteiger charge is -2.27. The first-order valence-electron chi connectivity index (χ1n) is 10.8. The van der Waals surface area contributed by atoms with Crippen LogP contribution in [0.1, 0.15) is 63.9 Å². The summed E-state index contributed by atoms with van der Waals surface area (Å²) >= 11 is 0. The van der Waals surface area contributed by atoms with Gasteiger partial charge in [-0.05, 0) is 49.6 Å². The summed E-state index contributed by atoms with van der Waals surface area (Å²) in [5.74, 6) is 0.653. The van der Waals surface area contributed by atoms with Crippen LogP contribution in [0.15, 0.2) is 53.3 Å². The largest absolute Gasteiger partial charge is 0.336 e. The van der Waals surface area contributed by atoms with Crippen molar-refractivity contribution in [3.63, 3.8) is 0 Å². The highest BCUT2D eigenvalue weighted by Gasteiger charge is 2.23. The van der Waals surface area contributed by atoms with Crippen molar-refractivity contribution < 1.29 is 4.79 Å². The highest BCUT2D eigenvalue weighted by atomic mass is 16.2. The molecule has 0 fully saturated rings. The molecule has 3 rings (SSSR count). The Morgan fingerprint density at radius 1 is 1.07 bits per heavy atom. The molecule has 0 aliphatic heterocycles. The Bertz CT molecular complexity index is 1070. The van der Waals surface area contributed by atoms with Gasteiger partial charge < -0.3 is 4.90 Å². The molecule has 5 nitrogen and oxygen atoms in total. The standard InChI is InChI=1S/C25H31N3O2/c1-5-7-8-13-23(29)27(4)18(3)24-26-22-12-10-9-11-21(22)25(30)28(24)20-16-14-19(6-2)15-17-20/h9-12,14-18H,5-8,13H2,1-4H3. The van der Waals surface area contributed by atoms with Crippen LogP contribution in [-0.2, 0) is 11.2 Å². The van der Waals surface area contributed by atoms with Gasteiger partial charge >= 0.3 is 0 Å². The Balaban J connectivity index is 2.09. The number of rotatable bonds is 8. The van der Waals surface area contributed by atoms with Gasteiger partial charge in [-0.1, -0.05) is 51.0 Å². The zero-order chi connectivity index (χ0) is 21.7. The van der Waals surface area contributed by atoms with E-state index in [9.17, 15) is 9.59 Å². The Morgan fingerprint density at radius 3 is 2.43 bits per heavy atom. The second-order valence-corrected chi connectivity index (χ2v) is 7.79. The molecule has 0 saturated heterocycles. The minimum Gasteiger partial charge on any atom is -0.336 e. The SMILES string of the molecule is CCCCCC(=O)N(C)C(C)c1nc2ccccc2c(=O)n1-c1ccc(CC)cc1. The molecule has 1 aromatic heterocycles. The molecule has 1 atom stereocenters. The molecular weight excluding hydrogens is 374 g/mol. The lowest BCUT2D eigenvalue weighted by atomic mass is 10.1. The summed E-state index contributed by atoms with van der Waals surface area (Å²) in [5, 5.41) is 0.574. The first-order chi connectivity index (χ1) is 14.5. The van der Waals surface area contributed by atoms with Crippen LogP contribution < -0.4 is 5.56 Å². The molecule has 1 unspecified atom stereocenters. The number of nitrogens with zero attached hydrogens (tertiary/aromatic N) is 3. The molecule has 0 N–H and O–H groups in total. The minimum atomic E-state index is -0.331. The van der Waals surface area contributed by atoms with Crippen LogP contribution in [0.25, 0.3) is 16.6 Å². The smallest absolute Gasteiger partial charge is 0.266 e. The number of para-hydroxylation sites is 1. The Kier molecular flexibility index (Phi) is 7.03. The number of amides is 1. The molecule has 2 aromatic carbocycles. The number of aryl methyl sites for hydroxylation is 1. The van der Waals surface area contributed by atoms with Crippen molar-refractivity contribution in [3.05, 3.63) is 70.3 Å². The van der Waals surface area contributed by atoms with Gasteiger partial charge in [0.25, 0.3) is 5.56 Å². The maximum Gasteiger partial charge on any atom is 0.266 e. The molecule has 158 valence electrons. The Labute approximate surface area is 178 Å². The third-order valence-electron chi connectivity index (χ3n) is 5.75. The fourth-order valence-electron chi connectivity index (χ4n) is 3.65. The molecule has 3 aromatic rings. The monoisotopic (exact) mass is 405 g/mol. The molecule has 0 bridgehead atoms. The lowest BCUT2D eigenvalue weighted by Crippen LogP contribution is -2.34. The van der Waals surface area contributed by atoms with Gasteiger partial charge in [0.2, 0.25) is 5.91 Å². The van der Waals surface area contributed by atoms with Crippen LogP contribution in [0.3, 0.4) is 0 Å². The molecule has 5 heteroatoms. The van der Waals surface area contributed by atoms with E-state index in [2.05, 4.69) is 13.8 Å². The quantitative estimate of drug-likeness (QED) is 0.493. The fourth-order valence-corrected chi connectivity index (χ4v) is 3.65. The number of aromatic nitrogens is 2. The molecule has 1 heterocycles. The summed E-state index contributed by atoms with van der Waals surface area (Å²) in [5.41, 5.74) is 2.51. The number of hydrogen-bond donors (Lipinski definition) is 0. The van der Waals surface area contributed by atoms with E-state index in [0.29, 0.717) is 23.1 Å². The van der Waals surface area contributed by atoms with Crippen molar-refractivity contribution in [2.24, 2.45) is 0 Å². The summed E-state index contributed by atoms with van der Waals surface area (Å²) in [6.45, 7) is 6.16. The van der Waals surface area contributed by atoms with E-state index >= 15 is 0 Å². The van der Waals surface area contributed by atoms with Gasteiger partial charge in [-0.25, -0.2) is 4.98 Å². The van der Waals surface area contributed by atoms with E-state index in [1.165, 1.54) is 5.56 Å². The molecular formula is C25H31N3O2. The van der Waals surface area contributed by atoms with Crippen molar-refractivity contribution >= 4 is 16.8 Å². The number of carbonyl (C=O) groups excluding carboxylic acids is 1. The van der Waals surface area contributed by atoms with Crippen LogP contribution in [0, 0.1) is 0 Å². The van der Waals surface area contributed by atoms with E-state index < -0.39 is 0 Å². The number of unbranched alkanes of at least 4 members (excludes halogenated alkanes) is 2. The third-order valence-corrected chi connectivity index (χ3v) is 5.75. The van der Waals surface area contributed by atoms with E-state index in [-0.39, 0.29) is 17.5 Å². The number of hydrogen-bond acceptors (Lipinski definition) is 3. The second-order valence-electron chi connectivity index (χ2n) is 7.79. The first kappa shape index (κ1) is 21.8. The molecule has 30 heavy (non-hydrogen) atoms. The average Bonchev–Trinajstić information content (AvgIpc) is 2.78. The van der Waals surface area contributed by atoms with Gasteiger partial charge in [0, 0.05) is 13.5 Å². The Hall–Kier alpha value is -2.95. The molecule has 0 aliphatic rings. The van der Waals surface area contributed by atoms with E-state index in [0.717, 1.165) is 31.4 Å². The molecule has 0 radical (unpaired) electrons. The summed E-state index contributed by atoms with van der Waals surface area (Å²) in [6, 6.07) is 15.0. The van der Waals surface area contributed by atoms with Gasteiger partial charge in [0.05, 0.1) is 22.6 Å². The zero-order valence-corrected chi connectivity index (χ0v) is 18.4. The van der Waals surface area contributed by atoms with Crippen molar-refractivity contribution in [2.75, 3.05) is 7.05 Å². The van der Waals surface area contributed by atoms with Crippen LogP contribution >= 0.6 is 0 Å². The van der Waals surface area contributed by atoms with E-state index in [1.54, 1.807) is 22.6 Å². The van der Waals surface area contributed by atoms with Crippen molar-refractivity contribution in [3.8, 4) is 5.69 Å². The highest BCUT2D eigenvalue weighted by molar-refractivity contribution is 5.78. The van der Waals surface area contributed by atoms with Gasteiger partial charge in [-0.3, -0.25) is 14.2 Å². The van der Waals surface area contributed by atoms with Crippen LogP contribution in [0.2, 0.25) is 0 Å². The van der Waals surface area contributed by atoms with Crippen molar-refractivity contribution in [1.29, 1.82) is 0 Å². The normalized spacial score (nSPS) is 12.1. The summed E-state index contributed by atoms with van der Waals surface area (Å²) < 4.78 is 1.66. The molecule has 0 spiro atoms. The van der Waals surface area contributed by atoms with Gasteiger partial charge in [-0.15, -0.1) is 0 Å². The van der Waals surface area contributed by atoms with E-state index in [4.69, 9.17) is 4.98 Å². The predicted octanol–water partition coefficient (Wildman–Crippen LogP) is 5.05. The first-order valence-corrected chi connectivity index (χ1v) is 10.8. The summed E-state index contributed by atoms with van der Waals surface area (Å²) in [4.78, 5) is 32.7. The topological polar surface area (TPSA) is 55.2 Å². The van der Waals surface area contributed by atoms with Crippen molar-refractivity contribution in [1.82, 2.24) is 14.5 Å². The van der Waals surface area contributed by atoms with Gasteiger partial charge in [0.1, 0.15) is 5.82 Å². The molecule has 0 saturated carbocycles. The van der Waals surface area contributed by atoms with Crippen molar-refractivity contribution in [2.45, 2.75) is 58.9 Å². The number of fused-ring (bicyclic) bond motifs is 1. The van der Waals surface area contributed by atoms with Gasteiger partial charge in [-0.2, -0.15) is 0 Å². The Morgan fingerprint density at radius 2 is 1.77 bits per heavy atom. The molecule has 0 aliphatic carbocycles. The number of carbonyl (C=O) groups is 1. The second kappa shape index (κ2) is 9.70. The summed E-state index contributed by atoms with van der Waals surface area (Å²) in [7, 11) is 1.80. The van der Waals surface area contributed by atoms with Crippen LogP contribution in [0.5, 0.6) is 0 Å². The predicted molar refractivity (Wildman–Crippen MR) is 122 cm³/mol. The minimum absolute atomic E-state index is 0.0752. The van der Waals surface area contributed by atoms with Crippen LogP contribution in [0.4, 0.5) is 0 Å². The lowest BCUT2D eigenvalue weighted by molar-refractivity contribution is -0.132. The average molecular weight is 406 g/mol. The maximum atomic E-state index is 13.4. The van der Waals surface area contributed by atoms with Gasteiger partial charge in [0.15, 0.2) is 0 Å². The third kappa shape index (κ3) is 4.45. The van der Waals surface area contributed by atoms with Crippen LogP contribution in [-0.4, -0.2) is 27.4 Å². The number of benzene rings is 2. The molecule has 1 amide bonds. The fraction of sp³-hybridized carbons (Fsp3) is 0.400. The maximum absolute atomic E-state index is 13.4. The summed E-state index contributed by atoms with van der Waals surface area (Å²) in [6.07, 6.45) is 4.44.